The highest BCUT2D eigenvalue weighted by Gasteiger charge is 1.79. The summed E-state index contributed by atoms with van der Waals surface area (Å²) >= 11 is 0. The highest BCUT2D eigenvalue weighted by atomic mass is 16.5. The molecule has 0 aliphatic carbocycles. The van der Waals surface area contributed by atoms with Crippen LogP contribution in [-0.2, 0) is 4.74 Å². The Labute approximate surface area is 61.0 Å². The first-order valence-corrected chi connectivity index (χ1v) is 3.18. The van der Waals surface area contributed by atoms with Gasteiger partial charge in [-0.15, -0.1) is 0 Å². The smallest absolute Gasteiger partial charge is 0.0830 e. The molecule has 0 N–H and O–H groups in total. The van der Waals surface area contributed by atoms with Crippen LogP contribution >= 0.6 is 0 Å². The summed E-state index contributed by atoms with van der Waals surface area (Å²) in [7, 11) is 1.64. The van der Waals surface area contributed by atoms with Crippen LogP contribution < -0.4 is 0 Å². The lowest BCUT2D eigenvalue weighted by Gasteiger charge is -1.89. The highest BCUT2D eigenvalue weighted by molar-refractivity contribution is 5.47. The highest BCUT2D eigenvalue weighted by Crippen LogP contribution is 1.99. The molecule has 0 heterocycles. The van der Waals surface area contributed by atoms with Crippen molar-refractivity contribution in [3.63, 3.8) is 0 Å². The van der Waals surface area contributed by atoms with E-state index in [4.69, 9.17) is 4.74 Å². The van der Waals surface area contributed by atoms with E-state index in [0.29, 0.717) is 0 Å². The van der Waals surface area contributed by atoms with E-state index in [1.54, 1.807) is 13.4 Å². The second kappa shape index (κ2) is 3.72. The van der Waals surface area contributed by atoms with Crippen molar-refractivity contribution in [1.29, 1.82) is 0 Å². The summed E-state index contributed by atoms with van der Waals surface area (Å²) in [5.74, 6) is 0. The molecule has 1 aromatic carbocycles. The van der Waals surface area contributed by atoms with Crippen molar-refractivity contribution < 1.29 is 4.74 Å². The average Bonchev–Trinajstić information content (AvgIpc) is 2.03. The van der Waals surface area contributed by atoms with Gasteiger partial charge in [-0.1, -0.05) is 30.3 Å². The van der Waals surface area contributed by atoms with Gasteiger partial charge >= 0.3 is 0 Å². The van der Waals surface area contributed by atoms with Gasteiger partial charge in [-0.25, -0.2) is 0 Å². The maximum Gasteiger partial charge on any atom is 0.0830 e. The molecule has 0 radical (unpaired) electrons. The van der Waals surface area contributed by atoms with E-state index >= 15 is 0 Å². The molecule has 0 atom stereocenters. The third-order valence-electron chi connectivity index (χ3n) is 1.20. The predicted molar refractivity (Wildman–Crippen MR) is 42.5 cm³/mol. The first-order valence-electron chi connectivity index (χ1n) is 3.18. The monoisotopic (exact) mass is 134 g/mol. The Hall–Kier alpha value is -1.24. The van der Waals surface area contributed by atoms with Gasteiger partial charge in [0, 0.05) is 0 Å². The summed E-state index contributed by atoms with van der Waals surface area (Å²) in [5.41, 5.74) is 1.16. The zero-order valence-electron chi connectivity index (χ0n) is 5.95. The Balaban J connectivity index is 2.67. The molecular formula is C9H10O. The summed E-state index contributed by atoms with van der Waals surface area (Å²) in [4.78, 5) is 0. The van der Waals surface area contributed by atoms with E-state index in [-0.39, 0.29) is 0 Å². The Bertz CT molecular complexity index is 201. The molecule has 0 aliphatic heterocycles. The van der Waals surface area contributed by atoms with Crippen molar-refractivity contribution in [2.45, 2.75) is 0 Å². The van der Waals surface area contributed by atoms with Gasteiger partial charge in [-0.2, -0.15) is 0 Å². The fraction of sp³-hybridized carbons (Fsp3) is 0.111. The Kier molecular flexibility index (Phi) is 2.56. The van der Waals surface area contributed by atoms with Gasteiger partial charge in [-0.05, 0) is 11.6 Å². The second-order valence-electron chi connectivity index (χ2n) is 1.95. The summed E-state index contributed by atoms with van der Waals surface area (Å²) in [6, 6.07) is 10.0. The summed E-state index contributed by atoms with van der Waals surface area (Å²) < 4.78 is 4.77. The summed E-state index contributed by atoms with van der Waals surface area (Å²) in [6.07, 6.45) is 3.58. The van der Waals surface area contributed by atoms with Crippen LogP contribution in [0.15, 0.2) is 36.6 Å². The third-order valence-corrected chi connectivity index (χ3v) is 1.20. The van der Waals surface area contributed by atoms with E-state index in [9.17, 15) is 0 Å². The SMILES string of the molecule is CO/C=C\c1ccccc1. The molecule has 1 rings (SSSR count). The molecule has 1 aromatic rings. The van der Waals surface area contributed by atoms with Crippen LogP contribution in [0.25, 0.3) is 6.08 Å². The molecule has 0 aliphatic rings. The van der Waals surface area contributed by atoms with E-state index in [1.165, 1.54) is 0 Å². The molecule has 10 heavy (non-hydrogen) atoms. The average molecular weight is 134 g/mol. The number of ether oxygens (including phenoxy) is 1. The number of hydrogen-bond donors (Lipinski definition) is 0. The van der Waals surface area contributed by atoms with Crippen molar-refractivity contribution in [2.24, 2.45) is 0 Å². The first kappa shape index (κ1) is 6.87. The lowest BCUT2D eigenvalue weighted by Crippen LogP contribution is -1.69. The van der Waals surface area contributed by atoms with E-state index in [2.05, 4.69) is 0 Å². The standard InChI is InChI=1S/C9H10O/c1-10-8-7-9-5-3-2-4-6-9/h2-8H,1H3/b8-7-. The minimum absolute atomic E-state index is 1.16. The summed E-state index contributed by atoms with van der Waals surface area (Å²) in [5, 5.41) is 0. The normalized spacial score (nSPS) is 10.1. The van der Waals surface area contributed by atoms with Gasteiger partial charge in [0.2, 0.25) is 0 Å². The number of methoxy groups -OCH3 is 1. The molecule has 52 valence electrons. The lowest BCUT2D eigenvalue weighted by molar-refractivity contribution is 0.341. The Morgan fingerprint density at radius 3 is 2.50 bits per heavy atom. The summed E-state index contributed by atoms with van der Waals surface area (Å²) in [6.45, 7) is 0. The quantitative estimate of drug-likeness (QED) is 0.564. The van der Waals surface area contributed by atoms with E-state index < -0.39 is 0 Å². The largest absolute Gasteiger partial charge is 0.504 e. The number of hydrogen-bond acceptors (Lipinski definition) is 1. The molecule has 1 heteroatoms. The van der Waals surface area contributed by atoms with Crippen LogP contribution in [-0.4, -0.2) is 7.11 Å². The zero-order chi connectivity index (χ0) is 7.23. The number of benzene rings is 1. The van der Waals surface area contributed by atoms with Gasteiger partial charge in [-0.3, -0.25) is 0 Å². The van der Waals surface area contributed by atoms with Crippen LogP contribution in [0.1, 0.15) is 5.56 Å². The van der Waals surface area contributed by atoms with Crippen molar-refractivity contribution >= 4 is 6.08 Å². The molecule has 0 saturated carbocycles. The topological polar surface area (TPSA) is 9.23 Å². The Morgan fingerprint density at radius 1 is 1.20 bits per heavy atom. The molecule has 0 aromatic heterocycles. The van der Waals surface area contributed by atoms with Gasteiger partial charge < -0.3 is 4.74 Å². The first-order chi connectivity index (χ1) is 4.93. The van der Waals surface area contributed by atoms with Gasteiger partial charge in [0.1, 0.15) is 0 Å². The molecule has 0 spiro atoms. The van der Waals surface area contributed by atoms with Crippen LogP contribution in [0.3, 0.4) is 0 Å². The van der Waals surface area contributed by atoms with E-state index in [0.717, 1.165) is 5.56 Å². The van der Waals surface area contributed by atoms with Crippen molar-refractivity contribution in [3.05, 3.63) is 42.2 Å². The zero-order valence-corrected chi connectivity index (χ0v) is 5.95. The molecule has 0 fully saturated rings. The van der Waals surface area contributed by atoms with Gasteiger partial charge in [0.25, 0.3) is 0 Å². The molecule has 0 amide bonds. The molecule has 1 nitrogen and oxygen atoms in total. The maximum atomic E-state index is 4.77. The second-order valence-corrected chi connectivity index (χ2v) is 1.95. The van der Waals surface area contributed by atoms with Crippen molar-refractivity contribution in [2.75, 3.05) is 7.11 Å². The minimum atomic E-state index is 1.16. The van der Waals surface area contributed by atoms with Crippen LogP contribution in [0.2, 0.25) is 0 Å². The lowest BCUT2D eigenvalue weighted by atomic mass is 10.2. The molecule has 0 unspecified atom stereocenters. The predicted octanol–water partition coefficient (Wildman–Crippen LogP) is 2.30. The van der Waals surface area contributed by atoms with Crippen LogP contribution in [0.5, 0.6) is 0 Å². The molecule has 0 bridgehead atoms. The van der Waals surface area contributed by atoms with Gasteiger partial charge in [0.05, 0.1) is 13.4 Å². The van der Waals surface area contributed by atoms with Crippen molar-refractivity contribution in [3.8, 4) is 0 Å². The molecular weight excluding hydrogens is 124 g/mol. The van der Waals surface area contributed by atoms with E-state index in [1.807, 2.05) is 36.4 Å². The van der Waals surface area contributed by atoms with Crippen molar-refractivity contribution in [1.82, 2.24) is 0 Å². The maximum absolute atomic E-state index is 4.77. The third kappa shape index (κ3) is 1.94. The van der Waals surface area contributed by atoms with Crippen LogP contribution in [0, 0.1) is 0 Å². The fourth-order valence-electron chi connectivity index (χ4n) is 0.711. The minimum Gasteiger partial charge on any atom is -0.504 e. The van der Waals surface area contributed by atoms with Gasteiger partial charge in [0.15, 0.2) is 0 Å². The Morgan fingerprint density at radius 2 is 1.90 bits per heavy atom. The fourth-order valence-corrected chi connectivity index (χ4v) is 0.711. The molecule has 0 saturated heterocycles. The van der Waals surface area contributed by atoms with Crippen LogP contribution in [0.4, 0.5) is 0 Å². The number of rotatable bonds is 2.